The standard InChI is InChI=1S/C17H17N3O/c1-2-14-11-19-9-7-16(14)12-20-17(21)15-5-3-4-13(10-15)6-8-18/h3-5,7,9-11H,2,6,12H2,1H3,(H,20,21). The first kappa shape index (κ1) is 14.7. The van der Waals surface area contributed by atoms with Gasteiger partial charge in [0.2, 0.25) is 0 Å². The quantitative estimate of drug-likeness (QED) is 0.915. The van der Waals surface area contributed by atoms with E-state index in [9.17, 15) is 4.79 Å². The van der Waals surface area contributed by atoms with Gasteiger partial charge in [-0.05, 0) is 41.3 Å². The third-order valence-electron chi connectivity index (χ3n) is 3.30. The number of aryl methyl sites for hydroxylation is 1. The van der Waals surface area contributed by atoms with Gasteiger partial charge in [0.15, 0.2) is 0 Å². The third kappa shape index (κ3) is 3.90. The second-order valence-electron chi connectivity index (χ2n) is 4.72. The van der Waals surface area contributed by atoms with Crippen molar-refractivity contribution in [3.8, 4) is 6.07 Å². The molecule has 0 aliphatic heterocycles. The zero-order valence-corrected chi connectivity index (χ0v) is 12.0. The lowest BCUT2D eigenvalue weighted by Crippen LogP contribution is -2.23. The van der Waals surface area contributed by atoms with Crippen molar-refractivity contribution in [2.75, 3.05) is 0 Å². The highest BCUT2D eigenvalue weighted by molar-refractivity contribution is 5.94. The van der Waals surface area contributed by atoms with Gasteiger partial charge in [-0.15, -0.1) is 0 Å². The summed E-state index contributed by atoms with van der Waals surface area (Å²) >= 11 is 0. The number of nitriles is 1. The summed E-state index contributed by atoms with van der Waals surface area (Å²) in [5.74, 6) is -0.131. The van der Waals surface area contributed by atoms with E-state index in [0.717, 1.165) is 23.1 Å². The van der Waals surface area contributed by atoms with Gasteiger partial charge in [0.1, 0.15) is 0 Å². The number of benzene rings is 1. The molecular weight excluding hydrogens is 262 g/mol. The molecule has 21 heavy (non-hydrogen) atoms. The van der Waals surface area contributed by atoms with Gasteiger partial charge < -0.3 is 5.32 Å². The molecule has 0 radical (unpaired) electrons. The minimum atomic E-state index is -0.131. The lowest BCUT2D eigenvalue weighted by molar-refractivity contribution is 0.0950. The first-order chi connectivity index (χ1) is 10.2. The molecule has 0 aliphatic carbocycles. The Hall–Kier alpha value is -2.67. The van der Waals surface area contributed by atoms with E-state index in [1.54, 1.807) is 24.4 Å². The van der Waals surface area contributed by atoms with E-state index in [4.69, 9.17) is 5.26 Å². The van der Waals surface area contributed by atoms with Crippen molar-refractivity contribution in [2.24, 2.45) is 0 Å². The predicted octanol–water partition coefficient (Wildman–Crippen LogP) is 2.64. The van der Waals surface area contributed by atoms with Crippen molar-refractivity contribution < 1.29 is 4.79 Å². The predicted molar refractivity (Wildman–Crippen MR) is 80.5 cm³/mol. The lowest BCUT2D eigenvalue weighted by Gasteiger charge is -2.09. The zero-order valence-electron chi connectivity index (χ0n) is 12.0. The maximum absolute atomic E-state index is 12.2. The SMILES string of the molecule is CCc1cnccc1CNC(=O)c1cccc(CC#N)c1. The summed E-state index contributed by atoms with van der Waals surface area (Å²) in [4.78, 5) is 16.3. The summed E-state index contributed by atoms with van der Waals surface area (Å²) in [5.41, 5.74) is 3.64. The Bertz CT molecular complexity index is 674. The normalized spacial score (nSPS) is 9.90. The van der Waals surface area contributed by atoms with E-state index >= 15 is 0 Å². The molecule has 1 aromatic carbocycles. The Balaban J connectivity index is 2.05. The molecule has 4 nitrogen and oxygen atoms in total. The Kier molecular flexibility index (Phi) is 5.05. The number of pyridine rings is 1. The number of hydrogen-bond donors (Lipinski definition) is 1. The maximum Gasteiger partial charge on any atom is 0.251 e. The minimum absolute atomic E-state index is 0.131. The monoisotopic (exact) mass is 279 g/mol. The van der Waals surface area contributed by atoms with Crippen LogP contribution in [0, 0.1) is 11.3 Å². The Morgan fingerprint density at radius 1 is 1.33 bits per heavy atom. The second-order valence-corrected chi connectivity index (χ2v) is 4.72. The molecular formula is C17H17N3O. The van der Waals surface area contributed by atoms with Crippen LogP contribution in [0.3, 0.4) is 0 Å². The van der Waals surface area contributed by atoms with E-state index in [1.807, 2.05) is 18.3 Å². The van der Waals surface area contributed by atoms with Crippen molar-refractivity contribution in [1.29, 1.82) is 5.26 Å². The highest BCUT2D eigenvalue weighted by Crippen LogP contribution is 2.09. The van der Waals surface area contributed by atoms with Crippen LogP contribution >= 0.6 is 0 Å². The average Bonchev–Trinajstić information content (AvgIpc) is 2.53. The fourth-order valence-corrected chi connectivity index (χ4v) is 2.14. The van der Waals surface area contributed by atoms with Crippen LogP contribution in [0.25, 0.3) is 0 Å². The van der Waals surface area contributed by atoms with Gasteiger partial charge in [0.25, 0.3) is 5.91 Å². The first-order valence-corrected chi connectivity index (χ1v) is 6.90. The summed E-state index contributed by atoms with van der Waals surface area (Å²) in [6.45, 7) is 2.54. The molecule has 2 aromatic rings. The van der Waals surface area contributed by atoms with Crippen LogP contribution in [0.5, 0.6) is 0 Å². The number of nitrogens with one attached hydrogen (secondary N) is 1. The van der Waals surface area contributed by atoms with Crippen LogP contribution in [0.1, 0.15) is 34.0 Å². The highest BCUT2D eigenvalue weighted by Gasteiger charge is 2.07. The number of nitrogens with zero attached hydrogens (tertiary/aromatic N) is 2. The molecule has 1 N–H and O–H groups in total. The highest BCUT2D eigenvalue weighted by atomic mass is 16.1. The summed E-state index contributed by atoms with van der Waals surface area (Å²) in [5, 5.41) is 11.6. The van der Waals surface area contributed by atoms with Gasteiger partial charge in [-0.1, -0.05) is 19.1 Å². The summed E-state index contributed by atoms with van der Waals surface area (Å²) in [6, 6.07) is 11.2. The van der Waals surface area contributed by atoms with Crippen LogP contribution in [-0.4, -0.2) is 10.9 Å². The van der Waals surface area contributed by atoms with Crippen molar-refractivity contribution in [3.05, 3.63) is 65.0 Å². The molecule has 0 saturated heterocycles. The van der Waals surface area contributed by atoms with Crippen molar-refractivity contribution in [2.45, 2.75) is 26.3 Å². The molecule has 0 unspecified atom stereocenters. The fraction of sp³-hybridized carbons (Fsp3) is 0.235. The molecule has 1 aromatic heterocycles. The van der Waals surface area contributed by atoms with Crippen LogP contribution < -0.4 is 5.32 Å². The van der Waals surface area contributed by atoms with Gasteiger partial charge in [-0.25, -0.2) is 0 Å². The summed E-state index contributed by atoms with van der Waals surface area (Å²) in [7, 11) is 0. The molecule has 0 fully saturated rings. The van der Waals surface area contributed by atoms with Gasteiger partial charge >= 0.3 is 0 Å². The van der Waals surface area contributed by atoms with E-state index in [-0.39, 0.29) is 5.91 Å². The summed E-state index contributed by atoms with van der Waals surface area (Å²) in [6.07, 6.45) is 4.76. The van der Waals surface area contributed by atoms with E-state index in [0.29, 0.717) is 18.5 Å². The van der Waals surface area contributed by atoms with Crippen molar-refractivity contribution in [3.63, 3.8) is 0 Å². The van der Waals surface area contributed by atoms with E-state index in [2.05, 4.69) is 23.3 Å². The van der Waals surface area contributed by atoms with Crippen LogP contribution in [-0.2, 0) is 19.4 Å². The Morgan fingerprint density at radius 3 is 2.95 bits per heavy atom. The lowest BCUT2D eigenvalue weighted by atomic mass is 10.1. The number of aromatic nitrogens is 1. The fourth-order valence-electron chi connectivity index (χ4n) is 2.14. The first-order valence-electron chi connectivity index (χ1n) is 6.90. The molecule has 1 heterocycles. The number of hydrogen-bond acceptors (Lipinski definition) is 3. The van der Waals surface area contributed by atoms with Crippen LogP contribution in [0.4, 0.5) is 0 Å². The van der Waals surface area contributed by atoms with Crippen molar-refractivity contribution >= 4 is 5.91 Å². The van der Waals surface area contributed by atoms with E-state index in [1.165, 1.54) is 0 Å². The molecule has 1 amide bonds. The zero-order chi connectivity index (χ0) is 15.1. The van der Waals surface area contributed by atoms with Crippen LogP contribution in [0.15, 0.2) is 42.7 Å². The topological polar surface area (TPSA) is 65.8 Å². The largest absolute Gasteiger partial charge is 0.348 e. The molecule has 0 spiro atoms. The number of rotatable bonds is 5. The van der Waals surface area contributed by atoms with Crippen molar-refractivity contribution in [1.82, 2.24) is 10.3 Å². The molecule has 0 aliphatic rings. The molecule has 0 saturated carbocycles. The number of carbonyl (C=O) groups excluding carboxylic acids is 1. The van der Waals surface area contributed by atoms with Crippen LogP contribution in [0.2, 0.25) is 0 Å². The smallest absolute Gasteiger partial charge is 0.251 e. The molecule has 2 rings (SSSR count). The second kappa shape index (κ2) is 7.20. The number of amides is 1. The van der Waals surface area contributed by atoms with Gasteiger partial charge in [-0.3, -0.25) is 9.78 Å². The summed E-state index contributed by atoms with van der Waals surface area (Å²) < 4.78 is 0. The minimum Gasteiger partial charge on any atom is -0.348 e. The Labute approximate surface area is 124 Å². The third-order valence-corrected chi connectivity index (χ3v) is 3.30. The maximum atomic E-state index is 12.2. The molecule has 0 bridgehead atoms. The molecule has 106 valence electrons. The van der Waals surface area contributed by atoms with E-state index < -0.39 is 0 Å². The molecule has 4 heteroatoms. The van der Waals surface area contributed by atoms with Gasteiger partial charge in [0, 0.05) is 24.5 Å². The number of carbonyl (C=O) groups is 1. The van der Waals surface area contributed by atoms with Gasteiger partial charge in [0.05, 0.1) is 12.5 Å². The molecule has 0 atom stereocenters. The average molecular weight is 279 g/mol. The van der Waals surface area contributed by atoms with Gasteiger partial charge in [-0.2, -0.15) is 5.26 Å². The Morgan fingerprint density at radius 2 is 2.19 bits per heavy atom.